The Morgan fingerprint density at radius 1 is 0.921 bits per heavy atom. The van der Waals surface area contributed by atoms with E-state index in [0.29, 0.717) is 17.1 Å². The number of carbonyl (C=O) groups is 1. The summed E-state index contributed by atoms with van der Waals surface area (Å²) in [6.45, 7) is 2.10. The minimum Gasteiger partial charge on any atom is -0.454 e. The largest absolute Gasteiger partial charge is 0.454 e. The number of hydrogen-bond donors (Lipinski definition) is 1. The summed E-state index contributed by atoms with van der Waals surface area (Å²) in [5.41, 5.74) is 5.35. The second-order valence-electron chi connectivity index (χ2n) is 8.64. The van der Waals surface area contributed by atoms with Crippen LogP contribution in [0.5, 0.6) is 11.5 Å². The van der Waals surface area contributed by atoms with Gasteiger partial charge in [0.25, 0.3) is 15.9 Å². The molecular weight excluding hydrogens is 502 g/mol. The van der Waals surface area contributed by atoms with Crippen LogP contribution >= 0.6 is 0 Å². The van der Waals surface area contributed by atoms with Gasteiger partial charge in [0.05, 0.1) is 28.9 Å². The standard InChI is InChI=1S/C29H25N3O5S/c1-21-11-14-24(15-12-21)38(34,35)32(19-22-7-3-2-4-8-22)26-10-6-5-9-25(26)29(33)31-30-18-23-13-16-27-28(17-23)37-20-36-27/h2-18H,19-20H2,1H3,(H,31,33)/b30-18+. The van der Waals surface area contributed by atoms with Crippen molar-refractivity contribution in [1.29, 1.82) is 0 Å². The molecule has 192 valence electrons. The molecule has 4 aromatic carbocycles. The van der Waals surface area contributed by atoms with Crippen LogP contribution in [-0.2, 0) is 16.6 Å². The van der Waals surface area contributed by atoms with Crippen LogP contribution in [-0.4, -0.2) is 27.3 Å². The number of hydrogen-bond acceptors (Lipinski definition) is 6. The van der Waals surface area contributed by atoms with E-state index in [2.05, 4.69) is 10.5 Å². The van der Waals surface area contributed by atoms with Crippen molar-refractivity contribution >= 4 is 27.8 Å². The highest BCUT2D eigenvalue weighted by atomic mass is 32.2. The second-order valence-corrected chi connectivity index (χ2v) is 10.5. The molecule has 9 heteroatoms. The normalized spacial score (nSPS) is 12.4. The van der Waals surface area contributed by atoms with Crippen molar-refractivity contribution < 1.29 is 22.7 Å². The fourth-order valence-electron chi connectivity index (χ4n) is 3.99. The number of nitrogens with one attached hydrogen (secondary N) is 1. The Kier molecular flexibility index (Phi) is 7.10. The number of ether oxygens (including phenoxy) is 2. The van der Waals surface area contributed by atoms with Crippen LogP contribution in [0.3, 0.4) is 0 Å². The molecule has 0 radical (unpaired) electrons. The monoisotopic (exact) mass is 527 g/mol. The van der Waals surface area contributed by atoms with Gasteiger partial charge in [-0.15, -0.1) is 0 Å². The third-order valence-electron chi connectivity index (χ3n) is 5.97. The van der Waals surface area contributed by atoms with Crippen molar-refractivity contribution in [3.8, 4) is 11.5 Å². The van der Waals surface area contributed by atoms with Gasteiger partial charge in [0, 0.05) is 0 Å². The molecule has 0 fully saturated rings. The smallest absolute Gasteiger partial charge is 0.273 e. The molecule has 0 bridgehead atoms. The van der Waals surface area contributed by atoms with E-state index in [1.165, 1.54) is 10.5 Å². The summed E-state index contributed by atoms with van der Waals surface area (Å²) in [6.07, 6.45) is 1.48. The van der Waals surface area contributed by atoms with Crippen molar-refractivity contribution in [3.05, 3.63) is 119 Å². The number of rotatable bonds is 8. The van der Waals surface area contributed by atoms with Crippen LogP contribution in [0.15, 0.2) is 107 Å². The molecule has 5 rings (SSSR count). The average molecular weight is 528 g/mol. The number of hydrazone groups is 1. The van der Waals surface area contributed by atoms with Crippen molar-refractivity contribution in [1.82, 2.24) is 5.43 Å². The van der Waals surface area contributed by atoms with Crippen molar-refractivity contribution in [2.45, 2.75) is 18.4 Å². The van der Waals surface area contributed by atoms with Gasteiger partial charge in [-0.05, 0) is 60.5 Å². The van der Waals surface area contributed by atoms with Gasteiger partial charge < -0.3 is 9.47 Å². The lowest BCUT2D eigenvalue weighted by molar-refractivity contribution is 0.0955. The Balaban J connectivity index is 1.46. The first-order valence-electron chi connectivity index (χ1n) is 11.9. The molecule has 1 N–H and O–H groups in total. The number of fused-ring (bicyclic) bond motifs is 1. The minimum atomic E-state index is -4.01. The lowest BCUT2D eigenvalue weighted by Crippen LogP contribution is -2.33. The number of para-hydroxylation sites is 1. The van der Waals surface area contributed by atoms with E-state index >= 15 is 0 Å². The highest BCUT2D eigenvalue weighted by Crippen LogP contribution is 2.32. The van der Waals surface area contributed by atoms with Crippen molar-refractivity contribution in [2.24, 2.45) is 5.10 Å². The molecule has 4 aromatic rings. The molecule has 0 saturated heterocycles. The van der Waals surface area contributed by atoms with E-state index in [1.54, 1.807) is 66.7 Å². The predicted octanol–water partition coefficient (Wildman–Crippen LogP) is 4.88. The lowest BCUT2D eigenvalue weighted by atomic mass is 10.1. The first kappa shape index (κ1) is 25.0. The zero-order valence-electron chi connectivity index (χ0n) is 20.6. The van der Waals surface area contributed by atoms with Gasteiger partial charge in [-0.2, -0.15) is 5.10 Å². The maximum atomic E-state index is 13.9. The zero-order chi connectivity index (χ0) is 26.5. The van der Waals surface area contributed by atoms with Gasteiger partial charge in [0.1, 0.15) is 0 Å². The molecule has 1 heterocycles. The highest BCUT2D eigenvalue weighted by Gasteiger charge is 2.28. The van der Waals surface area contributed by atoms with Crippen LogP contribution in [0.2, 0.25) is 0 Å². The highest BCUT2D eigenvalue weighted by molar-refractivity contribution is 7.92. The van der Waals surface area contributed by atoms with Gasteiger partial charge in [-0.1, -0.05) is 60.2 Å². The molecule has 1 aliphatic rings. The molecule has 1 amide bonds. The summed E-state index contributed by atoms with van der Waals surface area (Å²) in [6, 6.07) is 27.7. The average Bonchev–Trinajstić information content (AvgIpc) is 3.40. The van der Waals surface area contributed by atoms with Crippen LogP contribution < -0.4 is 19.2 Å². The minimum absolute atomic E-state index is 0.0435. The van der Waals surface area contributed by atoms with Crippen molar-refractivity contribution in [2.75, 3.05) is 11.1 Å². The first-order valence-corrected chi connectivity index (χ1v) is 13.3. The maximum Gasteiger partial charge on any atom is 0.273 e. The first-order chi connectivity index (χ1) is 18.4. The van der Waals surface area contributed by atoms with E-state index in [4.69, 9.17) is 9.47 Å². The van der Waals surface area contributed by atoms with Gasteiger partial charge in [-0.3, -0.25) is 9.10 Å². The number of amides is 1. The number of aryl methyl sites for hydroxylation is 1. The molecule has 0 saturated carbocycles. The number of anilines is 1. The summed E-state index contributed by atoms with van der Waals surface area (Å²) < 4.78 is 39.6. The fourth-order valence-corrected chi connectivity index (χ4v) is 5.46. The van der Waals surface area contributed by atoms with E-state index in [-0.39, 0.29) is 29.5 Å². The Morgan fingerprint density at radius 3 is 2.42 bits per heavy atom. The molecule has 1 aliphatic heterocycles. The molecule has 8 nitrogen and oxygen atoms in total. The van der Waals surface area contributed by atoms with Gasteiger partial charge in [0.2, 0.25) is 6.79 Å². The van der Waals surface area contributed by atoms with Crippen LogP contribution in [0.1, 0.15) is 27.0 Å². The van der Waals surface area contributed by atoms with E-state index < -0.39 is 15.9 Å². The quantitative estimate of drug-likeness (QED) is 0.260. The lowest BCUT2D eigenvalue weighted by Gasteiger charge is -2.26. The SMILES string of the molecule is Cc1ccc(S(=O)(=O)N(Cc2ccccc2)c2ccccc2C(=O)N/N=C/c2ccc3c(c2)OCO3)cc1. The molecule has 0 atom stereocenters. The Bertz CT molecular complexity index is 1590. The van der Waals surface area contributed by atoms with Gasteiger partial charge in [0.15, 0.2) is 11.5 Å². The summed E-state index contributed by atoms with van der Waals surface area (Å²) in [5, 5.41) is 4.07. The van der Waals surface area contributed by atoms with Gasteiger partial charge in [-0.25, -0.2) is 13.8 Å². The predicted molar refractivity (Wildman–Crippen MR) is 145 cm³/mol. The Morgan fingerprint density at radius 2 is 1.63 bits per heavy atom. The summed E-state index contributed by atoms with van der Waals surface area (Å²) in [4.78, 5) is 13.4. The van der Waals surface area contributed by atoms with Gasteiger partial charge >= 0.3 is 0 Å². The Hall–Kier alpha value is -4.63. The summed E-state index contributed by atoms with van der Waals surface area (Å²) in [5.74, 6) is 0.701. The third kappa shape index (κ3) is 5.37. The van der Waals surface area contributed by atoms with Crippen LogP contribution in [0, 0.1) is 6.92 Å². The number of nitrogens with zero attached hydrogens (tertiary/aromatic N) is 2. The molecule has 0 aromatic heterocycles. The topological polar surface area (TPSA) is 97.3 Å². The molecule has 38 heavy (non-hydrogen) atoms. The maximum absolute atomic E-state index is 13.9. The van der Waals surface area contributed by atoms with Crippen LogP contribution in [0.4, 0.5) is 5.69 Å². The van der Waals surface area contributed by atoms with E-state index in [1.807, 2.05) is 37.3 Å². The third-order valence-corrected chi connectivity index (χ3v) is 7.75. The molecule has 0 unspecified atom stereocenters. The zero-order valence-corrected chi connectivity index (χ0v) is 21.4. The summed E-state index contributed by atoms with van der Waals surface area (Å²) >= 11 is 0. The number of benzene rings is 4. The second kappa shape index (κ2) is 10.8. The number of carbonyl (C=O) groups excluding carboxylic acids is 1. The van der Waals surface area contributed by atoms with Crippen molar-refractivity contribution in [3.63, 3.8) is 0 Å². The number of sulfonamides is 1. The Labute approximate surface area is 221 Å². The van der Waals surface area contributed by atoms with E-state index in [0.717, 1.165) is 11.1 Å². The molecule has 0 spiro atoms. The van der Waals surface area contributed by atoms with E-state index in [9.17, 15) is 13.2 Å². The molecular formula is C29H25N3O5S. The molecule has 0 aliphatic carbocycles. The van der Waals surface area contributed by atoms with Crippen LogP contribution in [0.25, 0.3) is 0 Å². The summed E-state index contributed by atoms with van der Waals surface area (Å²) in [7, 11) is -4.01. The fraction of sp³-hybridized carbons (Fsp3) is 0.103.